The summed E-state index contributed by atoms with van der Waals surface area (Å²) in [6, 6.07) is 3.86. The lowest BCUT2D eigenvalue weighted by atomic mass is 9.94. The highest BCUT2D eigenvalue weighted by atomic mass is 16.3. The van der Waals surface area contributed by atoms with Crippen molar-refractivity contribution in [1.29, 1.82) is 0 Å². The monoisotopic (exact) mass is 194 g/mol. The minimum absolute atomic E-state index is 0.726. The molecule has 0 aliphatic rings. The molecule has 0 heterocycles. The predicted octanol–water partition coefficient (Wildman–Crippen LogP) is 2.03. The summed E-state index contributed by atoms with van der Waals surface area (Å²) in [5.74, 6) is 0. The molecule has 0 saturated carbocycles. The zero-order chi connectivity index (χ0) is 10.9. The van der Waals surface area contributed by atoms with Crippen LogP contribution < -0.4 is 0 Å². The van der Waals surface area contributed by atoms with Crippen molar-refractivity contribution in [3.8, 4) is 0 Å². The highest BCUT2D eigenvalue weighted by Crippen LogP contribution is 2.24. The van der Waals surface area contributed by atoms with E-state index in [0.29, 0.717) is 0 Å². The van der Waals surface area contributed by atoms with Crippen LogP contribution in [0.15, 0.2) is 12.1 Å². The van der Waals surface area contributed by atoms with Gasteiger partial charge in [0.05, 0.1) is 6.10 Å². The Labute approximate surface area is 85.2 Å². The number of benzene rings is 1. The minimum atomic E-state index is -0.783. The molecular weight excluding hydrogens is 176 g/mol. The van der Waals surface area contributed by atoms with Gasteiger partial charge in [-0.15, -0.1) is 0 Å². The Bertz CT molecular complexity index is 329. The lowest BCUT2D eigenvalue weighted by Gasteiger charge is -2.18. The fraction of sp³-hybridized carbons (Fsp3) is 0.500. The van der Waals surface area contributed by atoms with Crippen molar-refractivity contribution in [2.75, 3.05) is 0 Å². The van der Waals surface area contributed by atoms with E-state index in [9.17, 15) is 10.2 Å². The van der Waals surface area contributed by atoms with E-state index < -0.39 is 12.2 Å². The molecule has 0 radical (unpaired) electrons. The average molecular weight is 194 g/mol. The average Bonchev–Trinajstić information content (AvgIpc) is 2.13. The zero-order valence-electron chi connectivity index (χ0n) is 9.20. The molecule has 2 heteroatoms. The molecule has 2 unspecified atom stereocenters. The Morgan fingerprint density at radius 2 is 1.57 bits per heavy atom. The first kappa shape index (κ1) is 11.2. The molecule has 0 aromatic heterocycles. The first-order valence-electron chi connectivity index (χ1n) is 4.88. The van der Waals surface area contributed by atoms with Gasteiger partial charge in [0, 0.05) is 0 Å². The number of aliphatic hydroxyl groups is 2. The second kappa shape index (κ2) is 4.11. The van der Waals surface area contributed by atoms with E-state index in [2.05, 4.69) is 0 Å². The molecule has 1 aromatic rings. The van der Waals surface area contributed by atoms with Crippen LogP contribution in [0.1, 0.15) is 35.3 Å². The van der Waals surface area contributed by atoms with Crippen LogP contribution in [0.3, 0.4) is 0 Å². The van der Waals surface area contributed by atoms with Crippen molar-refractivity contribution in [1.82, 2.24) is 0 Å². The molecule has 0 saturated heterocycles. The van der Waals surface area contributed by atoms with Crippen LogP contribution in [0.4, 0.5) is 0 Å². The minimum Gasteiger partial charge on any atom is -0.390 e. The highest BCUT2D eigenvalue weighted by Gasteiger charge is 2.16. The van der Waals surface area contributed by atoms with Crippen molar-refractivity contribution >= 4 is 0 Å². The molecule has 14 heavy (non-hydrogen) atoms. The standard InChI is InChI=1S/C12H18O2/c1-7-5-6-11(9(3)8(7)2)12(14)10(4)13/h5-6,10,12-14H,1-4H3. The molecule has 0 spiro atoms. The van der Waals surface area contributed by atoms with Gasteiger partial charge in [0.1, 0.15) is 6.10 Å². The third-order valence-electron chi connectivity index (χ3n) is 2.88. The first-order chi connectivity index (χ1) is 6.45. The second-order valence-corrected chi connectivity index (χ2v) is 3.91. The van der Waals surface area contributed by atoms with E-state index in [0.717, 1.165) is 11.1 Å². The highest BCUT2D eigenvalue weighted by molar-refractivity contribution is 5.40. The van der Waals surface area contributed by atoms with E-state index >= 15 is 0 Å². The van der Waals surface area contributed by atoms with E-state index in [-0.39, 0.29) is 0 Å². The molecular formula is C12H18O2. The molecule has 78 valence electrons. The molecule has 2 nitrogen and oxygen atoms in total. The molecule has 0 amide bonds. The van der Waals surface area contributed by atoms with Crippen LogP contribution in [0.2, 0.25) is 0 Å². The van der Waals surface area contributed by atoms with Gasteiger partial charge in [-0.3, -0.25) is 0 Å². The van der Waals surface area contributed by atoms with Gasteiger partial charge in [0.25, 0.3) is 0 Å². The number of hydrogen-bond acceptors (Lipinski definition) is 2. The molecule has 2 N–H and O–H groups in total. The summed E-state index contributed by atoms with van der Waals surface area (Å²) < 4.78 is 0. The van der Waals surface area contributed by atoms with Crippen molar-refractivity contribution in [2.45, 2.75) is 39.9 Å². The Balaban J connectivity index is 3.17. The largest absolute Gasteiger partial charge is 0.390 e. The van der Waals surface area contributed by atoms with Crippen LogP contribution in [0.5, 0.6) is 0 Å². The van der Waals surface area contributed by atoms with Crippen LogP contribution in [-0.4, -0.2) is 16.3 Å². The van der Waals surface area contributed by atoms with Gasteiger partial charge in [0.15, 0.2) is 0 Å². The maximum Gasteiger partial charge on any atom is 0.105 e. The van der Waals surface area contributed by atoms with Gasteiger partial charge in [0.2, 0.25) is 0 Å². The SMILES string of the molecule is Cc1ccc(C(O)C(C)O)c(C)c1C. The Kier molecular flexibility index (Phi) is 3.29. The Morgan fingerprint density at radius 1 is 1.00 bits per heavy atom. The molecule has 1 aromatic carbocycles. The van der Waals surface area contributed by atoms with E-state index in [1.807, 2.05) is 32.9 Å². The topological polar surface area (TPSA) is 40.5 Å². The molecule has 2 atom stereocenters. The van der Waals surface area contributed by atoms with Crippen molar-refractivity contribution in [2.24, 2.45) is 0 Å². The second-order valence-electron chi connectivity index (χ2n) is 3.91. The van der Waals surface area contributed by atoms with E-state index in [4.69, 9.17) is 0 Å². The summed E-state index contributed by atoms with van der Waals surface area (Å²) in [5, 5.41) is 19.1. The summed E-state index contributed by atoms with van der Waals surface area (Å²) >= 11 is 0. The van der Waals surface area contributed by atoms with E-state index in [1.165, 1.54) is 11.1 Å². The fourth-order valence-electron chi connectivity index (χ4n) is 1.56. The quantitative estimate of drug-likeness (QED) is 0.756. The maximum atomic E-state index is 9.74. The van der Waals surface area contributed by atoms with Crippen LogP contribution in [-0.2, 0) is 0 Å². The lowest BCUT2D eigenvalue weighted by molar-refractivity contribution is 0.0301. The van der Waals surface area contributed by atoms with Gasteiger partial charge in [-0.1, -0.05) is 12.1 Å². The summed E-state index contributed by atoms with van der Waals surface area (Å²) in [4.78, 5) is 0. The number of rotatable bonds is 2. The first-order valence-corrected chi connectivity index (χ1v) is 4.88. The Morgan fingerprint density at radius 3 is 2.07 bits per heavy atom. The molecule has 0 fully saturated rings. The van der Waals surface area contributed by atoms with E-state index in [1.54, 1.807) is 6.92 Å². The Hall–Kier alpha value is -0.860. The molecule has 1 rings (SSSR count). The van der Waals surface area contributed by atoms with Crippen molar-refractivity contribution in [3.63, 3.8) is 0 Å². The van der Waals surface area contributed by atoms with Crippen LogP contribution in [0, 0.1) is 20.8 Å². The summed E-state index contributed by atoms with van der Waals surface area (Å²) in [6.45, 7) is 7.65. The normalized spacial score (nSPS) is 15.3. The van der Waals surface area contributed by atoms with Crippen LogP contribution >= 0.6 is 0 Å². The molecule has 0 aliphatic heterocycles. The third-order valence-corrected chi connectivity index (χ3v) is 2.88. The van der Waals surface area contributed by atoms with Crippen molar-refractivity contribution < 1.29 is 10.2 Å². The molecule has 0 bridgehead atoms. The summed E-state index contributed by atoms with van der Waals surface area (Å²) in [5.41, 5.74) is 4.28. The van der Waals surface area contributed by atoms with Crippen LogP contribution in [0.25, 0.3) is 0 Å². The third kappa shape index (κ3) is 1.97. The van der Waals surface area contributed by atoms with Gasteiger partial charge in [-0.05, 0) is 49.9 Å². The number of aryl methyl sites for hydroxylation is 1. The summed E-state index contributed by atoms with van der Waals surface area (Å²) in [7, 11) is 0. The maximum absolute atomic E-state index is 9.74. The smallest absolute Gasteiger partial charge is 0.105 e. The number of hydrogen-bond donors (Lipinski definition) is 2. The van der Waals surface area contributed by atoms with Gasteiger partial charge in [-0.2, -0.15) is 0 Å². The number of aliphatic hydroxyl groups excluding tert-OH is 2. The van der Waals surface area contributed by atoms with Gasteiger partial charge < -0.3 is 10.2 Å². The lowest BCUT2D eigenvalue weighted by Crippen LogP contribution is -2.15. The molecule has 0 aliphatic carbocycles. The van der Waals surface area contributed by atoms with Crippen molar-refractivity contribution in [3.05, 3.63) is 34.4 Å². The van der Waals surface area contributed by atoms with Gasteiger partial charge >= 0.3 is 0 Å². The predicted molar refractivity (Wildman–Crippen MR) is 57.3 cm³/mol. The zero-order valence-corrected chi connectivity index (χ0v) is 9.20. The van der Waals surface area contributed by atoms with Gasteiger partial charge in [-0.25, -0.2) is 0 Å². The fourth-order valence-corrected chi connectivity index (χ4v) is 1.56. The summed E-state index contributed by atoms with van der Waals surface area (Å²) in [6.07, 6.45) is -1.51.